The minimum absolute atomic E-state index is 0.319. The summed E-state index contributed by atoms with van der Waals surface area (Å²) < 4.78 is 42.3. The largest absolute Gasteiger partial charge is 0.418 e. The van der Waals surface area contributed by atoms with Crippen LogP contribution in [0.4, 0.5) is 24.5 Å². The minimum atomic E-state index is -4.70. The minimum Gasteiger partial charge on any atom is -0.324 e. The van der Waals surface area contributed by atoms with Crippen LogP contribution in [0.5, 0.6) is 0 Å². The van der Waals surface area contributed by atoms with Crippen LogP contribution in [0.3, 0.4) is 0 Å². The van der Waals surface area contributed by atoms with E-state index in [1.807, 2.05) is 0 Å². The lowest BCUT2D eigenvalue weighted by atomic mass is 9.83. The monoisotopic (exact) mass is 707 g/mol. The SMILES string of the molecule is O=C(Cn1c2c(sc1=O)C(c1cccc(Br)c1)C1C(=O)N(c3ccc(Cl)cc3)C(=O)C1S2)Nc1ccccc1C(F)(F)F. The number of nitrogens with one attached hydrogen (secondary N) is 1. The molecule has 220 valence electrons. The second-order valence-corrected chi connectivity index (χ2v) is 13.3. The van der Waals surface area contributed by atoms with Crippen molar-refractivity contribution in [3.63, 3.8) is 0 Å². The first-order chi connectivity index (χ1) is 20.4. The Morgan fingerprint density at radius 3 is 2.40 bits per heavy atom. The van der Waals surface area contributed by atoms with Crippen molar-refractivity contribution in [2.45, 2.75) is 28.9 Å². The molecule has 14 heteroatoms. The van der Waals surface area contributed by atoms with Crippen LogP contribution in [0.25, 0.3) is 0 Å². The van der Waals surface area contributed by atoms with Crippen LogP contribution < -0.4 is 15.1 Å². The number of halogens is 5. The fourth-order valence-corrected chi connectivity index (χ4v) is 8.65. The molecule has 1 saturated heterocycles. The number of imide groups is 1. The lowest BCUT2D eigenvalue weighted by Crippen LogP contribution is -2.33. The van der Waals surface area contributed by atoms with E-state index in [0.717, 1.165) is 49.2 Å². The Balaban J connectivity index is 1.40. The molecule has 2 aliphatic rings. The van der Waals surface area contributed by atoms with Crippen molar-refractivity contribution in [2.75, 3.05) is 10.2 Å². The van der Waals surface area contributed by atoms with E-state index in [2.05, 4.69) is 21.2 Å². The van der Waals surface area contributed by atoms with Gasteiger partial charge in [0.15, 0.2) is 0 Å². The predicted octanol–water partition coefficient (Wildman–Crippen LogP) is 6.78. The van der Waals surface area contributed by atoms with Gasteiger partial charge in [0.1, 0.15) is 11.8 Å². The van der Waals surface area contributed by atoms with Gasteiger partial charge in [-0.05, 0) is 54.1 Å². The Labute approximate surface area is 263 Å². The maximum atomic E-state index is 13.9. The van der Waals surface area contributed by atoms with Gasteiger partial charge in [-0.3, -0.25) is 23.7 Å². The molecule has 0 radical (unpaired) electrons. The normalized spacial score (nSPS) is 19.7. The second kappa shape index (κ2) is 11.3. The number of thiazole rings is 1. The average molecular weight is 709 g/mol. The molecule has 0 saturated carbocycles. The van der Waals surface area contributed by atoms with E-state index < -0.39 is 63.7 Å². The number of aromatic nitrogens is 1. The Morgan fingerprint density at radius 2 is 1.70 bits per heavy atom. The van der Waals surface area contributed by atoms with E-state index in [1.165, 1.54) is 12.1 Å². The van der Waals surface area contributed by atoms with Crippen molar-refractivity contribution in [3.05, 3.63) is 108 Å². The molecule has 0 bridgehead atoms. The third kappa shape index (κ3) is 5.43. The zero-order valence-electron chi connectivity index (χ0n) is 21.6. The van der Waals surface area contributed by atoms with Gasteiger partial charge in [-0.1, -0.05) is 74.9 Å². The Hall–Kier alpha value is -3.39. The van der Waals surface area contributed by atoms with Crippen LogP contribution >= 0.6 is 50.6 Å². The molecule has 0 aliphatic carbocycles. The van der Waals surface area contributed by atoms with Crippen molar-refractivity contribution in [1.82, 2.24) is 4.57 Å². The number of fused-ring (bicyclic) bond motifs is 2. The van der Waals surface area contributed by atoms with Gasteiger partial charge < -0.3 is 5.32 Å². The summed E-state index contributed by atoms with van der Waals surface area (Å²) in [6.07, 6.45) is -4.70. The fraction of sp³-hybridized carbons (Fsp3) is 0.172. The van der Waals surface area contributed by atoms with E-state index in [1.54, 1.807) is 48.5 Å². The molecule has 1 fully saturated rings. The molecule has 1 N–H and O–H groups in total. The number of amides is 3. The van der Waals surface area contributed by atoms with Gasteiger partial charge in [-0.15, -0.1) is 0 Å². The summed E-state index contributed by atoms with van der Waals surface area (Å²) in [6, 6.07) is 18.0. The van der Waals surface area contributed by atoms with Gasteiger partial charge in [0.05, 0.1) is 27.9 Å². The molecular weight excluding hydrogens is 691 g/mol. The summed E-state index contributed by atoms with van der Waals surface area (Å²) in [5.41, 5.74) is -0.424. The number of thioether (sulfide) groups is 1. The standard InChI is InChI=1S/C29H18BrClF3N3O4S2/c30-15-5-3-4-14(12-15)21-22-23(26(40)37(25(22)39)17-10-8-16(31)9-11-17)42-27-24(21)43-28(41)36(27)13-20(38)35-19-7-2-1-6-18(19)29(32,33)34/h1-12,21-23H,13H2,(H,35,38). The molecule has 0 spiro atoms. The maximum Gasteiger partial charge on any atom is 0.418 e. The number of hydrogen-bond acceptors (Lipinski definition) is 6. The van der Waals surface area contributed by atoms with Crippen molar-refractivity contribution in [2.24, 2.45) is 5.92 Å². The molecule has 3 atom stereocenters. The first-order valence-electron chi connectivity index (χ1n) is 12.7. The third-order valence-electron chi connectivity index (χ3n) is 7.15. The van der Waals surface area contributed by atoms with Crippen molar-refractivity contribution in [1.29, 1.82) is 0 Å². The highest BCUT2D eigenvalue weighted by molar-refractivity contribution is 9.10. The van der Waals surface area contributed by atoms with E-state index in [0.29, 0.717) is 26.2 Å². The number of alkyl halides is 3. The molecular formula is C29H18BrClF3N3O4S2. The number of anilines is 2. The predicted molar refractivity (Wildman–Crippen MR) is 162 cm³/mol. The van der Waals surface area contributed by atoms with Crippen LogP contribution in [0.1, 0.15) is 21.9 Å². The van der Waals surface area contributed by atoms with Crippen LogP contribution in [0.2, 0.25) is 5.02 Å². The van der Waals surface area contributed by atoms with Gasteiger partial charge in [-0.25, -0.2) is 4.90 Å². The molecule has 1 aromatic heterocycles. The topological polar surface area (TPSA) is 88.5 Å². The van der Waals surface area contributed by atoms with Crippen molar-refractivity contribution < 1.29 is 27.6 Å². The quantitative estimate of drug-likeness (QED) is 0.231. The number of carbonyl (C=O) groups excluding carboxylic acids is 3. The molecule has 6 rings (SSSR count). The molecule has 3 amide bonds. The molecule has 7 nitrogen and oxygen atoms in total. The summed E-state index contributed by atoms with van der Waals surface area (Å²) in [5, 5.41) is 2.10. The van der Waals surface area contributed by atoms with E-state index in [9.17, 15) is 32.3 Å². The number of carbonyl (C=O) groups is 3. The first kappa shape index (κ1) is 29.7. The summed E-state index contributed by atoms with van der Waals surface area (Å²) >= 11 is 11.3. The highest BCUT2D eigenvalue weighted by Gasteiger charge is 2.56. The third-order valence-corrected chi connectivity index (χ3v) is 10.5. The number of benzene rings is 3. The summed E-state index contributed by atoms with van der Waals surface area (Å²) in [7, 11) is 0. The lowest BCUT2D eigenvalue weighted by molar-refractivity contribution is -0.137. The smallest absolute Gasteiger partial charge is 0.324 e. The van der Waals surface area contributed by atoms with Crippen LogP contribution in [0, 0.1) is 5.92 Å². The van der Waals surface area contributed by atoms with Gasteiger partial charge in [0.25, 0.3) is 0 Å². The fourth-order valence-electron chi connectivity index (χ4n) is 5.33. The number of rotatable bonds is 5. The van der Waals surface area contributed by atoms with Gasteiger partial charge in [0, 0.05) is 20.3 Å². The number of nitrogens with zero attached hydrogens (tertiary/aromatic N) is 2. The average Bonchev–Trinajstić information content (AvgIpc) is 3.39. The molecule has 4 aromatic rings. The highest BCUT2D eigenvalue weighted by Crippen LogP contribution is 2.54. The van der Waals surface area contributed by atoms with Crippen molar-refractivity contribution in [3.8, 4) is 0 Å². The van der Waals surface area contributed by atoms with E-state index in [4.69, 9.17) is 11.6 Å². The van der Waals surface area contributed by atoms with E-state index in [-0.39, 0.29) is 0 Å². The Bertz CT molecular complexity index is 1840. The molecule has 3 aromatic carbocycles. The van der Waals surface area contributed by atoms with Crippen LogP contribution in [-0.4, -0.2) is 27.5 Å². The Kier molecular flexibility index (Phi) is 7.78. The van der Waals surface area contributed by atoms with E-state index >= 15 is 0 Å². The maximum absolute atomic E-state index is 13.9. The molecule has 2 aliphatic heterocycles. The molecule has 43 heavy (non-hydrogen) atoms. The summed E-state index contributed by atoms with van der Waals surface area (Å²) in [6.45, 7) is -0.588. The molecule has 3 heterocycles. The zero-order chi connectivity index (χ0) is 30.6. The van der Waals surface area contributed by atoms with Gasteiger partial charge >= 0.3 is 11.0 Å². The van der Waals surface area contributed by atoms with Gasteiger partial charge in [0.2, 0.25) is 17.7 Å². The number of hydrogen-bond donors (Lipinski definition) is 1. The van der Waals surface area contributed by atoms with Crippen LogP contribution in [-0.2, 0) is 27.1 Å². The summed E-state index contributed by atoms with van der Waals surface area (Å²) in [5.74, 6) is -3.32. The Morgan fingerprint density at radius 1 is 0.977 bits per heavy atom. The molecule has 3 unspecified atom stereocenters. The van der Waals surface area contributed by atoms with Crippen molar-refractivity contribution >= 4 is 79.7 Å². The van der Waals surface area contributed by atoms with Gasteiger partial charge in [-0.2, -0.15) is 13.2 Å². The van der Waals surface area contributed by atoms with Crippen LogP contribution in [0.15, 0.2) is 87.1 Å². The second-order valence-electron chi connectivity index (χ2n) is 9.80. The first-order valence-corrected chi connectivity index (χ1v) is 15.6. The lowest BCUT2D eigenvalue weighted by Gasteiger charge is -2.30. The summed E-state index contributed by atoms with van der Waals surface area (Å²) in [4.78, 5) is 55.0. The number of para-hydroxylation sites is 1. The zero-order valence-corrected chi connectivity index (χ0v) is 25.6. The highest BCUT2D eigenvalue weighted by atomic mass is 79.9.